The van der Waals surface area contributed by atoms with Crippen molar-refractivity contribution in [2.75, 3.05) is 34.5 Å². The Bertz CT molecular complexity index is 1260. The van der Waals surface area contributed by atoms with Gasteiger partial charge in [0, 0.05) is 34.5 Å². The third-order valence-electron chi connectivity index (χ3n) is 12.7. The number of hydrogen-bond acceptors (Lipinski definition) is 30. The van der Waals surface area contributed by atoms with Gasteiger partial charge in [0.05, 0.1) is 36.6 Å². The summed E-state index contributed by atoms with van der Waals surface area (Å²) in [5, 5.41) is 136. The van der Waals surface area contributed by atoms with Crippen molar-refractivity contribution in [3.63, 3.8) is 0 Å². The molecular weight excluding hydrogens is 1010 g/mol. The zero-order chi connectivity index (χ0) is 48.0. The van der Waals surface area contributed by atoms with Crippen LogP contribution in [0.1, 0.15) is 0 Å². The van der Waals surface area contributed by atoms with Crippen LogP contribution in [0.3, 0.4) is 0 Å². The average molecular weight is 1070 g/mol. The van der Waals surface area contributed by atoms with Gasteiger partial charge in [0.2, 0.25) is 0 Å². The number of rotatable bonds is 6. The molecule has 0 amide bonds. The fourth-order valence-electron chi connectivity index (χ4n) is 8.93. The van der Waals surface area contributed by atoms with Crippen LogP contribution in [0.4, 0.5) is 0 Å². The molecule has 0 aromatic rings. The molecule has 0 radical (unpaired) electrons. The molecule has 0 aromatic carbocycles. The minimum atomic E-state index is -1.94. The van der Waals surface area contributed by atoms with Crippen molar-refractivity contribution in [3.05, 3.63) is 0 Å². The standard InChI is InChI=1S/C36H60O24S6/c37-13-19(43)31-49-7(1-61)25(13)55-32-20(44)14(38)27(9(3-63)50-32)57-34-22(46)16(40)29(11(5-65)52-34)59-36-24(48)18(42)30(12(6-66)54-36)60-35-23(47)17(41)28(10(4-64)53-35)58-33-21(45)15(39)26(56-31)8(2-62)51-33/h7-48,61-66H,1-6H2/t7-,8-,9-,10-,11-,12-,13-,14-,15-,16-,17-,18+,19-,20-,21-,22-,23-,24-,25-,26-,27-,28-,29-,30-,31-,32-,33-,34-,35-,36-/m1/s1. The minimum Gasteiger partial charge on any atom is -0.387 e. The Labute approximate surface area is 410 Å². The van der Waals surface area contributed by atoms with E-state index in [9.17, 15) is 61.3 Å². The van der Waals surface area contributed by atoms with E-state index in [4.69, 9.17) is 56.8 Å². The van der Waals surface area contributed by atoms with Gasteiger partial charge in [-0.25, -0.2) is 0 Å². The Morgan fingerprint density at radius 1 is 0.197 bits per heavy atom. The van der Waals surface area contributed by atoms with Gasteiger partial charge in [0.15, 0.2) is 37.7 Å². The predicted octanol–water partition coefficient (Wildman–Crippen LogP) is -7.43. The van der Waals surface area contributed by atoms with Crippen molar-refractivity contribution in [1.29, 1.82) is 0 Å². The van der Waals surface area contributed by atoms with Gasteiger partial charge in [0.1, 0.15) is 110 Å². The van der Waals surface area contributed by atoms with Gasteiger partial charge in [-0.2, -0.15) is 75.8 Å². The van der Waals surface area contributed by atoms with E-state index in [-0.39, 0.29) is 34.5 Å². The molecule has 0 aliphatic carbocycles. The first-order chi connectivity index (χ1) is 31.4. The summed E-state index contributed by atoms with van der Waals surface area (Å²) in [6.07, 6.45) is -49.7. The third kappa shape index (κ3) is 10.9. The molecule has 12 bridgehead atoms. The Kier molecular flexibility index (Phi) is 19.6. The average Bonchev–Trinajstić information content (AvgIpc) is 3.31. The maximum Gasteiger partial charge on any atom is 0.187 e. The maximum absolute atomic E-state index is 11.4. The lowest BCUT2D eigenvalue weighted by atomic mass is 9.95. The molecule has 0 aromatic heterocycles. The van der Waals surface area contributed by atoms with Crippen LogP contribution >= 0.6 is 75.8 Å². The summed E-state index contributed by atoms with van der Waals surface area (Å²) < 4.78 is 71.3. The zero-order valence-electron chi connectivity index (χ0n) is 34.5. The van der Waals surface area contributed by atoms with Gasteiger partial charge in [-0.3, -0.25) is 0 Å². The van der Waals surface area contributed by atoms with Crippen molar-refractivity contribution in [2.45, 2.75) is 184 Å². The van der Waals surface area contributed by atoms with Gasteiger partial charge in [-0.05, 0) is 0 Å². The fourth-order valence-corrected chi connectivity index (χ4v) is 10.7. The number of thiol groups is 6. The molecule has 22 saturated heterocycles. The Morgan fingerprint density at radius 2 is 0.318 bits per heavy atom. The van der Waals surface area contributed by atoms with E-state index in [0.29, 0.717) is 0 Å². The van der Waals surface area contributed by atoms with E-state index in [1.165, 1.54) is 0 Å². The fraction of sp³-hybridized carbons (Fsp3) is 1.00. The van der Waals surface area contributed by atoms with Gasteiger partial charge in [-0.1, -0.05) is 0 Å². The lowest BCUT2D eigenvalue weighted by molar-refractivity contribution is -0.396. The second-order valence-electron chi connectivity index (χ2n) is 16.8. The summed E-state index contributed by atoms with van der Waals surface area (Å²) in [5.74, 6) is -1.20. The molecule has 22 rings (SSSR count). The number of aliphatic hydroxyl groups excluding tert-OH is 12. The molecule has 0 spiro atoms. The topological polar surface area (TPSA) is 354 Å². The summed E-state index contributed by atoms with van der Waals surface area (Å²) in [6.45, 7) is 0. The first-order valence-corrected chi connectivity index (χ1v) is 24.9. The smallest absolute Gasteiger partial charge is 0.187 e. The summed E-state index contributed by atoms with van der Waals surface area (Å²) in [6, 6.07) is 0. The Morgan fingerprint density at radius 3 is 0.424 bits per heavy atom. The highest BCUT2D eigenvalue weighted by Gasteiger charge is 2.58. The highest BCUT2D eigenvalue weighted by molar-refractivity contribution is 7.81. The van der Waals surface area contributed by atoms with E-state index in [1.54, 1.807) is 0 Å². The predicted molar refractivity (Wildman–Crippen MR) is 236 cm³/mol. The highest BCUT2D eigenvalue weighted by atomic mass is 32.1. The van der Waals surface area contributed by atoms with Crippen LogP contribution in [-0.2, 0) is 56.8 Å². The Balaban J connectivity index is 1.19. The summed E-state index contributed by atoms with van der Waals surface area (Å²) in [4.78, 5) is 0. The number of aliphatic hydroxyl groups is 12. The first-order valence-electron chi connectivity index (χ1n) is 21.1. The van der Waals surface area contributed by atoms with Gasteiger partial charge in [-0.15, -0.1) is 0 Å². The minimum absolute atomic E-state index is 0.200. The number of ether oxygens (including phenoxy) is 12. The van der Waals surface area contributed by atoms with E-state index in [2.05, 4.69) is 75.8 Å². The summed E-state index contributed by atoms with van der Waals surface area (Å²) >= 11 is 25.8. The van der Waals surface area contributed by atoms with E-state index < -0.39 is 184 Å². The molecule has 22 aliphatic heterocycles. The normalized spacial score (nSPS) is 55.4. The van der Waals surface area contributed by atoms with Gasteiger partial charge < -0.3 is 118 Å². The molecule has 66 heavy (non-hydrogen) atoms. The van der Waals surface area contributed by atoms with Crippen LogP contribution in [0.25, 0.3) is 0 Å². The second kappa shape index (κ2) is 23.6. The van der Waals surface area contributed by atoms with Crippen molar-refractivity contribution < 1.29 is 118 Å². The lowest BCUT2D eigenvalue weighted by Gasteiger charge is -2.51. The molecule has 30 heteroatoms. The molecule has 0 saturated carbocycles. The Hall–Kier alpha value is 1.14. The van der Waals surface area contributed by atoms with Crippen molar-refractivity contribution in [1.82, 2.24) is 0 Å². The SMILES string of the molecule is O[C@@H]1[C@@H](O)[C@H]2O[C@H]3[C@H](O)[C@@H](O)[C@@H](O[C@H]4[C@H](O)[C@@H](O)[C@@H](O[C@H]5[C@@H](O)[C@@H](O)[C@@H](O[C@H]6[C@H](O)[C@@H](O)[C@@H](O[C@H]7[C@H](O)[C@@H](O)[C@@H](O[C@@H]1[C@@H](CS)O2)O[C@@H]7CS)O[C@@H]6CS)O[C@@H]5CS)O[C@@H]4CS)O[C@@H]3CS. The second-order valence-corrected chi connectivity index (χ2v) is 19.0. The molecule has 384 valence electrons. The molecular formula is C36H60O24S6. The van der Waals surface area contributed by atoms with E-state index >= 15 is 0 Å². The zero-order valence-corrected chi connectivity index (χ0v) is 39.9. The third-order valence-corrected chi connectivity index (χ3v) is 14.8. The largest absolute Gasteiger partial charge is 0.387 e. The quantitative estimate of drug-likeness (QED) is 0.110. The summed E-state index contributed by atoms with van der Waals surface area (Å²) in [5.41, 5.74) is 0. The maximum atomic E-state index is 11.4. The van der Waals surface area contributed by atoms with Gasteiger partial charge in [0.25, 0.3) is 0 Å². The molecule has 22 heterocycles. The van der Waals surface area contributed by atoms with E-state index in [1.807, 2.05) is 0 Å². The van der Waals surface area contributed by atoms with Crippen LogP contribution in [-0.4, -0.2) is 280 Å². The van der Waals surface area contributed by atoms with E-state index in [0.717, 1.165) is 0 Å². The first kappa shape index (κ1) is 54.9. The molecule has 12 N–H and O–H groups in total. The van der Waals surface area contributed by atoms with Crippen LogP contribution in [0.2, 0.25) is 0 Å². The summed E-state index contributed by atoms with van der Waals surface area (Å²) in [7, 11) is 0. The van der Waals surface area contributed by atoms with Crippen LogP contribution in [0.5, 0.6) is 0 Å². The lowest BCUT2D eigenvalue weighted by Crippen LogP contribution is -2.68. The molecule has 0 unspecified atom stereocenters. The number of hydrogen-bond donors (Lipinski definition) is 18. The van der Waals surface area contributed by atoms with Crippen molar-refractivity contribution >= 4 is 75.8 Å². The van der Waals surface area contributed by atoms with Gasteiger partial charge >= 0.3 is 0 Å². The molecule has 22 fully saturated rings. The van der Waals surface area contributed by atoms with Crippen LogP contribution in [0.15, 0.2) is 0 Å². The van der Waals surface area contributed by atoms with Crippen LogP contribution in [0, 0.1) is 0 Å². The monoisotopic (exact) mass is 1070 g/mol. The van der Waals surface area contributed by atoms with Crippen molar-refractivity contribution in [2.24, 2.45) is 0 Å². The van der Waals surface area contributed by atoms with Crippen LogP contribution < -0.4 is 0 Å². The highest BCUT2D eigenvalue weighted by Crippen LogP contribution is 2.38. The molecule has 30 atom stereocenters. The van der Waals surface area contributed by atoms with Crippen molar-refractivity contribution in [3.8, 4) is 0 Å². The molecule has 24 nitrogen and oxygen atoms in total. The molecule has 22 aliphatic rings.